The van der Waals surface area contributed by atoms with Crippen LogP contribution in [0.5, 0.6) is 0 Å². The molecule has 5 nitrogen and oxygen atoms in total. The Balaban J connectivity index is 1.09. The third-order valence-corrected chi connectivity index (χ3v) is 15.2. The van der Waals surface area contributed by atoms with Gasteiger partial charge in [-0.05, 0) is 125 Å². The summed E-state index contributed by atoms with van der Waals surface area (Å²) >= 11 is 0. The van der Waals surface area contributed by atoms with Crippen molar-refractivity contribution in [3.05, 3.63) is 252 Å². The van der Waals surface area contributed by atoms with Gasteiger partial charge in [0.15, 0.2) is 5.82 Å². The monoisotopic (exact) mass is 1160 g/mol. The number of benzene rings is 10. The van der Waals surface area contributed by atoms with Crippen LogP contribution in [0.25, 0.3) is 122 Å². The fourth-order valence-corrected chi connectivity index (χ4v) is 11.3. The molecule has 0 aliphatic heterocycles. The first-order chi connectivity index (χ1) is 41.1. The van der Waals surface area contributed by atoms with E-state index in [-0.39, 0.29) is 39.9 Å². The van der Waals surface area contributed by atoms with E-state index in [1.165, 1.54) is 18.2 Å². The van der Waals surface area contributed by atoms with Crippen LogP contribution in [-0.4, -0.2) is 19.1 Å². The number of nitriles is 1. The molecule has 86 heavy (non-hydrogen) atoms. The van der Waals surface area contributed by atoms with Crippen LogP contribution < -0.4 is 0 Å². The highest BCUT2D eigenvalue weighted by atomic mass is 19.4. The fourth-order valence-electron chi connectivity index (χ4n) is 11.3. The van der Waals surface area contributed by atoms with Crippen LogP contribution in [0.1, 0.15) is 27.8 Å². The lowest BCUT2D eigenvalue weighted by Gasteiger charge is -2.20. The van der Waals surface area contributed by atoms with Gasteiger partial charge < -0.3 is 9.13 Å². The molecule has 0 aliphatic rings. The maximum atomic E-state index is 14.2. The Morgan fingerprint density at radius 1 is 0.302 bits per heavy atom. The Labute approximate surface area is 480 Å². The normalized spacial score (nSPS) is 12.4. The van der Waals surface area contributed by atoms with Crippen molar-refractivity contribution in [1.29, 1.82) is 5.26 Å². The first kappa shape index (κ1) is 54.8. The van der Waals surface area contributed by atoms with Crippen LogP contribution in [0.15, 0.2) is 224 Å². The summed E-state index contributed by atoms with van der Waals surface area (Å²) in [6.07, 6.45) is -20.4. The van der Waals surface area contributed by atoms with Gasteiger partial charge in [0.1, 0.15) is 0 Å². The Bertz CT molecular complexity index is 4770. The van der Waals surface area contributed by atoms with Crippen molar-refractivity contribution in [2.45, 2.75) is 24.7 Å². The number of hydrogen-bond donors (Lipinski definition) is 0. The molecule has 0 unspecified atom stereocenters. The predicted molar refractivity (Wildman–Crippen MR) is 308 cm³/mol. The number of para-hydroxylation sites is 2. The molecule has 13 aromatic rings. The molecular weight excluding hydrogens is 1130 g/mol. The van der Waals surface area contributed by atoms with Gasteiger partial charge in [0.2, 0.25) is 0 Å². The Morgan fingerprint density at radius 2 is 0.721 bits per heavy atom. The Hall–Kier alpha value is -10.5. The maximum absolute atomic E-state index is 14.2. The lowest BCUT2D eigenvalue weighted by molar-refractivity contribution is -0.144. The van der Waals surface area contributed by atoms with Crippen LogP contribution in [0, 0.1) is 11.3 Å². The lowest BCUT2D eigenvalue weighted by atomic mass is 9.95. The van der Waals surface area contributed by atoms with E-state index in [1.807, 2.05) is 100 Å². The zero-order valence-electron chi connectivity index (χ0n) is 44.1. The van der Waals surface area contributed by atoms with Crippen molar-refractivity contribution in [3.8, 4) is 84.7 Å². The second kappa shape index (κ2) is 20.4. The summed E-state index contributed by atoms with van der Waals surface area (Å²) in [4.78, 5) is 10.1. The highest BCUT2D eigenvalue weighted by Crippen LogP contribution is 2.47. The molecular formula is C69H37F12N5. The van der Waals surface area contributed by atoms with Crippen molar-refractivity contribution in [1.82, 2.24) is 19.1 Å². The number of halogens is 12. The van der Waals surface area contributed by atoms with Crippen LogP contribution in [-0.2, 0) is 24.7 Å². The van der Waals surface area contributed by atoms with Crippen molar-refractivity contribution in [2.75, 3.05) is 0 Å². The van der Waals surface area contributed by atoms with Gasteiger partial charge in [0.05, 0.1) is 78.7 Å². The molecule has 0 bridgehead atoms. The molecule has 10 aromatic carbocycles. The molecule has 0 saturated carbocycles. The van der Waals surface area contributed by atoms with Crippen molar-refractivity contribution >= 4 is 43.6 Å². The highest BCUT2D eigenvalue weighted by molar-refractivity contribution is 6.13. The minimum atomic E-state index is -5.10. The molecule has 0 spiro atoms. The molecule has 0 atom stereocenters. The van der Waals surface area contributed by atoms with Gasteiger partial charge in [0, 0.05) is 49.4 Å². The number of hydrogen-bond acceptors (Lipinski definition) is 3. The Morgan fingerprint density at radius 3 is 1.20 bits per heavy atom. The highest BCUT2D eigenvalue weighted by Gasteiger charge is 2.39. The van der Waals surface area contributed by atoms with Crippen LogP contribution in [0.4, 0.5) is 52.7 Å². The van der Waals surface area contributed by atoms with Crippen molar-refractivity contribution < 1.29 is 52.7 Å². The molecule has 422 valence electrons. The van der Waals surface area contributed by atoms with Crippen LogP contribution in [0.3, 0.4) is 0 Å². The summed E-state index contributed by atoms with van der Waals surface area (Å²) in [6.45, 7) is 0. The zero-order chi connectivity index (χ0) is 60.0. The molecule has 17 heteroatoms. The van der Waals surface area contributed by atoms with Gasteiger partial charge in [-0.1, -0.05) is 121 Å². The SMILES string of the molecule is N#Cc1ccc(-c2cc(-c3cc(-c4ccccc4)nc(-c4ccccc4)n3)ccc2-n2c3ccccc3c3cc(-c4cc(C(F)(F)F)cc(C(F)(F)F)c4)ccc32)c(-n2c3ccccc3c3cc(-c4cc(C(F)(F)F)cc(C(F)(F)F)c4)ccc32)c1. The van der Waals surface area contributed by atoms with E-state index in [1.54, 1.807) is 78.9 Å². The average Bonchev–Trinajstić information content (AvgIpc) is 1.73. The molecule has 0 radical (unpaired) electrons. The number of fused-ring (bicyclic) bond motifs is 6. The topological polar surface area (TPSA) is 59.4 Å². The summed E-state index contributed by atoms with van der Waals surface area (Å²) in [5, 5.41) is 12.7. The molecule has 0 aliphatic carbocycles. The second-order valence-corrected chi connectivity index (χ2v) is 20.5. The third kappa shape index (κ3) is 9.91. The number of nitrogens with zero attached hydrogens (tertiary/aromatic N) is 5. The molecule has 13 rings (SSSR count). The molecule has 3 heterocycles. The molecule has 0 amide bonds. The second-order valence-electron chi connectivity index (χ2n) is 20.5. The van der Waals surface area contributed by atoms with E-state index in [0.717, 1.165) is 11.1 Å². The van der Waals surface area contributed by atoms with Gasteiger partial charge in [-0.3, -0.25) is 0 Å². The van der Waals surface area contributed by atoms with Crippen molar-refractivity contribution in [2.24, 2.45) is 0 Å². The van der Waals surface area contributed by atoms with Gasteiger partial charge >= 0.3 is 24.7 Å². The van der Waals surface area contributed by atoms with Gasteiger partial charge in [-0.15, -0.1) is 0 Å². The van der Waals surface area contributed by atoms with Crippen molar-refractivity contribution in [3.63, 3.8) is 0 Å². The lowest BCUT2D eigenvalue weighted by Crippen LogP contribution is -2.11. The van der Waals surface area contributed by atoms with Gasteiger partial charge in [0.25, 0.3) is 0 Å². The van der Waals surface area contributed by atoms with E-state index in [9.17, 15) is 57.9 Å². The van der Waals surface area contributed by atoms with Crippen LogP contribution >= 0.6 is 0 Å². The maximum Gasteiger partial charge on any atom is 0.416 e. The summed E-state index contributed by atoms with van der Waals surface area (Å²) < 4.78 is 175. The van der Waals surface area contributed by atoms with E-state index in [2.05, 4.69) is 6.07 Å². The first-order valence-corrected chi connectivity index (χ1v) is 26.4. The van der Waals surface area contributed by atoms with E-state index < -0.39 is 47.0 Å². The molecule has 0 fully saturated rings. The van der Waals surface area contributed by atoms with Crippen LogP contribution in [0.2, 0.25) is 0 Å². The minimum absolute atomic E-state index is 0.0657. The van der Waals surface area contributed by atoms with Gasteiger partial charge in [-0.25, -0.2) is 9.97 Å². The summed E-state index contributed by atoms with van der Waals surface area (Å²) in [5.74, 6) is 0.414. The first-order valence-electron chi connectivity index (χ1n) is 26.4. The fraction of sp³-hybridized carbons (Fsp3) is 0.0580. The third-order valence-electron chi connectivity index (χ3n) is 15.2. The average molecular weight is 1160 g/mol. The summed E-state index contributed by atoms with van der Waals surface area (Å²) in [7, 11) is 0. The van der Waals surface area contributed by atoms with Gasteiger partial charge in [-0.2, -0.15) is 57.9 Å². The number of rotatable bonds is 8. The Kier molecular flexibility index (Phi) is 13.0. The van der Waals surface area contributed by atoms with E-state index >= 15 is 0 Å². The number of aromatic nitrogens is 4. The van der Waals surface area contributed by atoms with E-state index in [4.69, 9.17) is 9.97 Å². The molecule has 0 saturated heterocycles. The molecule has 3 aromatic heterocycles. The number of alkyl halides is 12. The zero-order valence-corrected chi connectivity index (χ0v) is 44.1. The largest absolute Gasteiger partial charge is 0.416 e. The quantitative estimate of drug-likeness (QED) is 0.142. The standard InChI is InChI=1S/C69H37F12N5/c70-66(71,72)47-28-45(29-48(35-47)67(73,74)75)42-20-24-61-54(32-42)51-15-7-9-17-59(51)85(61)62-26-22-44(58-37-57(40-11-3-1-4-12-40)83-65(84-58)41-13-5-2-6-14-41)34-56(62)53-23-19-39(38-82)27-64(53)86-60-18-10-8-16-52(60)55-33-43(21-25-63(55)86)46-30-49(68(76,77)78)36-50(31-46)69(79,80)81/h1-37H. The summed E-state index contributed by atoms with van der Waals surface area (Å²) in [5.41, 5.74) is 1.15. The smallest absolute Gasteiger partial charge is 0.309 e. The molecule has 0 N–H and O–H groups in total. The van der Waals surface area contributed by atoms with E-state index in [0.29, 0.717) is 113 Å². The minimum Gasteiger partial charge on any atom is -0.309 e. The summed E-state index contributed by atoms with van der Waals surface area (Å²) in [6, 6.07) is 60.0. The predicted octanol–water partition coefficient (Wildman–Crippen LogP) is 20.6.